The number of hydrogen-bond donors (Lipinski definition) is 0. The van der Waals surface area contributed by atoms with E-state index in [1.54, 1.807) is 6.07 Å². The van der Waals surface area contributed by atoms with E-state index in [1.165, 1.54) is 56.4 Å². The monoisotopic (exact) mass is 394 g/mol. The van der Waals surface area contributed by atoms with E-state index in [0.717, 1.165) is 31.6 Å². The summed E-state index contributed by atoms with van der Waals surface area (Å²) in [6.45, 7) is 7.03. The summed E-state index contributed by atoms with van der Waals surface area (Å²) in [6.07, 6.45) is 8.10. The molecule has 27 heavy (non-hydrogen) atoms. The molecule has 0 amide bonds. The van der Waals surface area contributed by atoms with E-state index in [4.69, 9.17) is 4.18 Å². The van der Waals surface area contributed by atoms with Crippen molar-refractivity contribution < 1.29 is 12.6 Å². The molecule has 1 fully saturated rings. The zero-order valence-corrected chi connectivity index (χ0v) is 17.8. The number of nitrogens with zero attached hydrogens (tertiary/aromatic N) is 2. The maximum atomic E-state index is 11.4. The Hall–Kier alpha value is -1.11. The van der Waals surface area contributed by atoms with Crippen LogP contribution >= 0.6 is 0 Å². The summed E-state index contributed by atoms with van der Waals surface area (Å²) in [4.78, 5) is 5.13. The lowest BCUT2D eigenvalue weighted by Gasteiger charge is -2.39. The van der Waals surface area contributed by atoms with Crippen molar-refractivity contribution in [2.45, 2.75) is 51.5 Å². The van der Waals surface area contributed by atoms with E-state index in [9.17, 15) is 8.42 Å². The van der Waals surface area contributed by atoms with Crippen molar-refractivity contribution in [3.63, 3.8) is 0 Å². The third-order valence-electron chi connectivity index (χ3n) is 5.99. The van der Waals surface area contributed by atoms with Crippen molar-refractivity contribution in [1.82, 2.24) is 9.80 Å². The van der Waals surface area contributed by atoms with Crippen molar-refractivity contribution in [3.8, 4) is 5.75 Å². The first-order valence-corrected chi connectivity index (χ1v) is 12.1. The highest BCUT2D eigenvalue weighted by Gasteiger charge is 2.27. The molecule has 152 valence electrons. The summed E-state index contributed by atoms with van der Waals surface area (Å²) in [5, 5.41) is 0. The molecule has 3 rings (SSSR count). The Morgan fingerprint density at radius 2 is 1.93 bits per heavy atom. The zero-order chi connectivity index (χ0) is 19.4. The Bertz CT molecular complexity index is 727. The molecule has 6 heteroatoms. The van der Waals surface area contributed by atoms with Crippen molar-refractivity contribution in [2.75, 3.05) is 39.5 Å². The summed E-state index contributed by atoms with van der Waals surface area (Å²) >= 11 is 0. The number of fused-ring (bicyclic) bond motifs is 1. The van der Waals surface area contributed by atoms with Crippen LogP contribution in [-0.2, 0) is 23.0 Å². The lowest BCUT2D eigenvalue weighted by Crippen LogP contribution is -2.44. The molecule has 1 aromatic carbocycles. The van der Waals surface area contributed by atoms with Gasteiger partial charge in [-0.2, -0.15) is 8.42 Å². The van der Waals surface area contributed by atoms with Gasteiger partial charge in [0.25, 0.3) is 0 Å². The first kappa shape index (κ1) is 20.6. The minimum Gasteiger partial charge on any atom is -0.383 e. The van der Waals surface area contributed by atoms with Crippen LogP contribution < -0.4 is 4.18 Å². The van der Waals surface area contributed by atoms with Gasteiger partial charge in [-0.3, -0.25) is 4.90 Å². The van der Waals surface area contributed by atoms with Gasteiger partial charge in [0.2, 0.25) is 0 Å². The van der Waals surface area contributed by atoms with E-state index in [-0.39, 0.29) is 0 Å². The van der Waals surface area contributed by atoms with Gasteiger partial charge >= 0.3 is 10.1 Å². The van der Waals surface area contributed by atoms with Gasteiger partial charge < -0.3 is 9.08 Å². The predicted molar refractivity (Wildman–Crippen MR) is 110 cm³/mol. The summed E-state index contributed by atoms with van der Waals surface area (Å²) in [7, 11) is -1.26. The van der Waals surface area contributed by atoms with Crippen molar-refractivity contribution in [3.05, 3.63) is 29.3 Å². The lowest BCUT2D eigenvalue weighted by molar-refractivity contribution is 0.119. The number of benzene rings is 1. The Labute approximate surface area is 164 Å². The Kier molecular flexibility index (Phi) is 6.82. The molecule has 0 bridgehead atoms. The SMILES string of the molecule is CCCN(CC1CCN(C)CC1)C1CCc2ccc(OS(C)(=O)=O)cc2C1. The summed E-state index contributed by atoms with van der Waals surface area (Å²) in [5.41, 5.74) is 2.58. The number of piperidine rings is 1. The first-order chi connectivity index (χ1) is 12.8. The van der Waals surface area contributed by atoms with E-state index in [2.05, 4.69) is 23.8 Å². The second-order valence-corrected chi connectivity index (χ2v) is 9.93. The van der Waals surface area contributed by atoms with Gasteiger partial charge in [-0.25, -0.2) is 0 Å². The highest BCUT2D eigenvalue weighted by molar-refractivity contribution is 7.86. The van der Waals surface area contributed by atoms with Gasteiger partial charge in [0.1, 0.15) is 5.75 Å². The molecule has 0 aromatic heterocycles. The van der Waals surface area contributed by atoms with Crippen molar-refractivity contribution >= 4 is 10.1 Å². The largest absolute Gasteiger partial charge is 0.383 e. The third kappa shape index (κ3) is 5.93. The number of rotatable bonds is 7. The molecule has 1 atom stereocenters. The highest BCUT2D eigenvalue weighted by atomic mass is 32.2. The molecule has 0 spiro atoms. The molecule has 1 heterocycles. The normalized spacial score (nSPS) is 22.0. The van der Waals surface area contributed by atoms with Crippen molar-refractivity contribution in [1.29, 1.82) is 0 Å². The molecule has 1 aliphatic heterocycles. The van der Waals surface area contributed by atoms with Crippen LogP contribution in [0.15, 0.2) is 18.2 Å². The van der Waals surface area contributed by atoms with Crippen LogP contribution in [0.2, 0.25) is 0 Å². The molecule has 2 aliphatic rings. The van der Waals surface area contributed by atoms with Gasteiger partial charge in [-0.05, 0) is 94.4 Å². The first-order valence-electron chi connectivity index (χ1n) is 10.3. The maximum absolute atomic E-state index is 11.4. The molecular formula is C21H34N2O3S. The Balaban J connectivity index is 1.68. The van der Waals surface area contributed by atoms with Gasteiger partial charge in [-0.1, -0.05) is 13.0 Å². The fourth-order valence-electron chi connectivity index (χ4n) is 4.54. The van der Waals surface area contributed by atoms with Crippen LogP contribution in [0.5, 0.6) is 5.75 Å². The third-order valence-corrected chi connectivity index (χ3v) is 6.48. The van der Waals surface area contributed by atoms with Gasteiger partial charge in [-0.15, -0.1) is 0 Å². The maximum Gasteiger partial charge on any atom is 0.306 e. The molecule has 0 N–H and O–H groups in total. The molecule has 0 radical (unpaired) electrons. The molecule has 1 aromatic rings. The van der Waals surface area contributed by atoms with E-state index in [1.807, 2.05) is 12.1 Å². The second kappa shape index (κ2) is 8.93. The quantitative estimate of drug-likeness (QED) is 0.666. The summed E-state index contributed by atoms with van der Waals surface area (Å²) < 4.78 is 28.0. The fraction of sp³-hybridized carbons (Fsp3) is 0.714. The fourth-order valence-corrected chi connectivity index (χ4v) is 4.99. The predicted octanol–water partition coefficient (Wildman–Crippen LogP) is 2.94. The Morgan fingerprint density at radius 3 is 2.59 bits per heavy atom. The van der Waals surface area contributed by atoms with Gasteiger partial charge in [0.05, 0.1) is 6.26 Å². The minimum atomic E-state index is -3.48. The molecule has 0 saturated carbocycles. The van der Waals surface area contributed by atoms with E-state index >= 15 is 0 Å². The minimum absolute atomic E-state index is 0.439. The topological polar surface area (TPSA) is 49.9 Å². The Morgan fingerprint density at radius 1 is 1.19 bits per heavy atom. The van der Waals surface area contributed by atoms with Gasteiger partial charge in [0, 0.05) is 12.6 Å². The van der Waals surface area contributed by atoms with Gasteiger partial charge in [0.15, 0.2) is 0 Å². The molecule has 1 saturated heterocycles. The molecule has 1 unspecified atom stereocenters. The zero-order valence-electron chi connectivity index (χ0n) is 17.0. The van der Waals surface area contributed by atoms with Crippen LogP contribution in [0.25, 0.3) is 0 Å². The summed E-state index contributed by atoms with van der Waals surface area (Å²) in [6, 6.07) is 6.29. The smallest absolute Gasteiger partial charge is 0.306 e. The molecule has 1 aliphatic carbocycles. The highest BCUT2D eigenvalue weighted by Crippen LogP contribution is 2.30. The number of likely N-dealkylation sites (tertiary alicyclic amines) is 1. The lowest BCUT2D eigenvalue weighted by atomic mass is 9.86. The summed E-state index contributed by atoms with van der Waals surface area (Å²) in [5.74, 6) is 1.24. The van der Waals surface area contributed by atoms with Crippen LogP contribution in [0.4, 0.5) is 0 Å². The number of hydrogen-bond acceptors (Lipinski definition) is 5. The standard InChI is InChI=1S/C21H34N2O3S/c1-4-11-23(16-17-9-12-22(2)13-10-17)20-7-5-18-6-8-21(15-19(18)14-20)26-27(3,24)25/h6,8,15,17,20H,4-5,7,9-14,16H2,1-3H3. The van der Waals surface area contributed by atoms with Crippen LogP contribution in [0.1, 0.15) is 43.7 Å². The van der Waals surface area contributed by atoms with E-state index < -0.39 is 10.1 Å². The molecule has 5 nitrogen and oxygen atoms in total. The average molecular weight is 395 g/mol. The van der Waals surface area contributed by atoms with E-state index in [0.29, 0.717) is 11.8 Å². The van der Waals surface area contributed by atoms with Crippen LogP contribution in [0, 0.1) is 5.92 Å². The molecular weight excluding hydrogens is 360 g/mol. The van der Waals surface area contributed by atoms with Crippen LogP contribution in [0.3, 0.4) is 0 Å². The van der Waals surface area contributed by atoms with Crippen molar-refractivity contribution in [2.24, 2.45) is 5.92 Å². The number of aryl methyl sites for hydroxylation is 1. The second-order valence-electron chi connectivity index (χ2n) is 8.36. The van der Waals surface area contributed by atoms with Crippen LogP contribution in [-0.4, -0.2) is 63.7 Å². The average Bonchev–Trinajstić information content (AvgIpc) is 2.61.